The van der Waals surface area contributed by atoms with Crippen LogP contribution in [0.3, 0.4) is 0 Å². The van der Waals surface area contributed by atoms with Gasteiger partial charge in [-0.25, -0.2) is 0 Å². The fourth-order valence-corrected chi connectivity index (χ4v) is 1.72. The van der Waals surface area contributed by atoms with Crippen LogP contribution < -0.4 is 9.30 Å². The normalized spacial score (nSPS) is 11.0. The summed E-state index contributed by atoms with van der Waals surface area (Å²) in [7, 11) is 2.05. The van der Waals surface area contributed by atoms with Crippen LogP contribution >= 0.6 is 0 Å². The van der Waals surface area contributed by atoms with Crippen LogP contribution in [-0.4, -0.2) is 6.61 Å². The van der Waals surface area contributed by atoms with E-state index < -0.39 is 0 Å². The zero-order valence-corrected chi connectivity index (χ0v) is 10.1. The van der Waals surface area contributed by atoms with Crippen LogP contribution in [0, 0.1) is 5.92 Å². The molecule has 2 aromatic rings. The van der Waals surface area contributed by atoms with Crippen LogP contribution in [0.4, 0.5) is 0 Å². The summed E-state index contributed by atoms with van der Waals surface area (Å²) < 4.78 is 7.84. The highest BCUT2D eigenvalue weighted by Crippen LogP contribution is 2.16. The minimum absolute atomic E-state index is 0.553. The summed E-state index contributed by atoms with van der Waals surface area (Å²) in [4.78, 5) is 0. The number of aromatic nitrogens is 1. The Hall–Kier alpha value is -1.57. The minimum Gasteiger partial charge on any atom is -0.487 e. The zero-order valence-electron chi connectivity index (χ0n) is 10.1. The van der Waals surface area contributed by atoms with Crippen molar-refractivity contribution in [2.75, 3.05) is 6.61 Å². The van der Waals surface area contributed by atoms with Crippen molar-refractivity contribution in [2.24, 2.45) is 13.0 Å². The monoisotopic (exact) mass is 216 g/mol. The second-order valence-corrected chi connectivity index (χ2v) is 4.55. The summed E-state index contributed by atoms with van der Waals surface area (Å²) in [5.74, 6) is 1.49. The van der Waals surface area contributed by atoms with Crippen molar-refractivity contribution >= 4 is 10.9 Å². The predicted molar refractivity (Wildman–Crippen MR) is 65.5 cm³/mol. The molecule has 0 amide bonds. The van der Waals surface area contributed by atoms with E-state index in [9.17, 15) is 0 Å². The molecule has 2 heteroatoms. The maximum absolute atomic E-state index is 5.74. The number of nitrogens with zero attached hydrogens (tertiary/aromatic N) is 1. The van der Waals surface area contributed by atoms with E-state index in [0.29, 0.717) is 5.92 Å². The molecule has 2 rings (SSSR count). The van der Waals surface area contributed by atoms with Crippen molar-refractivity contribution in [2.45, 2.75) is 13.8 Å². The van der Waals surface area contributed by atoms with E-state index >= 15 is 0 Å². The molecule has 2 nitrogen and oxygen atoms in total. The van der Waals surface area contributed by atoms with E-state index in [4.69, 9.17) is 4.74 Å². The fraction of sp³-hybridized carbons (Fsp3) is 0.357. The van der Waals surface area contributed by atoms with Crippen molar-refractivity contribution in [3.05, 3.63) is 36.5 Å². The summed E-state index contributed by atoms with van der Waals surface area (Å²) in [6, 6.07) is 10.4. The van der Waals surface area contributed by atoms with Crippen molar-refractivity contribution < 1.29 is 9.30 Å². The van der Waals surface area contributed by atoms with Crippen LogP contribution in [0.5, 0.6) is 5.75 Å². The van der Waals surface area contributed by atoms with Crippen LogP contribution in [0.25, 0.3) is 10.9 Å². The third-order valence-electron chi connectivity index (χ3n) is 2.52. The second-order valence-electron chi connectivity index (χ2n) is 4.55. The Morgan fingerprint density at radius 3 is 2.75 bits per heavy atom. The number of benzene rings is 1. The molecular weight excluding hydrogens is 198 g/mol. The number of aryl methyl sites for hydroxylation is 1. The summed E-state index contributed by atoms with van der Waals surface area (Å²) in [6.07, 6.45) is 2.03. The SMILES string of the molecule is CC(C)COc1cc2ccccc2[n+](C)c1. The molecule has 0 atom stereocenters. The third-order valence-corrected chi connectivity index (χ3v) is 2.52. The van der Waals surface area contributed by atoms with Crippen LogP contribution in [0.15, 0.2) is 36.5 Å². The largest absolute Gasteiger partial charge is 0.487 e. The first-order valence-corrected chi connectivity index (χ1v) is 5.68. The second kappa shape index (κ2) is 4.52. The molecule has 84 valence electrons. The topological polar surface area (TPSA) is 13.1 Å². The third kappa shape index (κ3) is 2.32. The molecule has 0 saturated heterocycles. The van der Waals surface area contributed by atoms with E-state index in [2.05, 4.69) is 48.7 Å². The maximum atomic E-state index is 5.74. The number of ether oxygens (including phenoxy) is 1. The predicted octanol–water partition coefficient (Wildman–Crippen LogP) is 2.70. The summed E-state index contributed by atoms with van der Waals surface area (Å²) >= 11 is 0. The molecule has 0 spiro atoms. The number of pyridine rings is 1. The van der Waals surface area contributed by atoms with E-state index in [1.54, 1.807) is 0 Å². The van der Waals surface area contributed by atoms with Gasteiger partial charge >= 0.3 is 0 Å². The molecule has 1 heterocycles. The van der Waals surface area contributed by atoms with Crippen molar-refractivity contribution in [3.63, 3.8) is 0 Å². The number of hydrogen-bond donors (Lipinski definition) is 0. The van der Waals surface area contributed by atoms with Gasteiger partial charge in [0.05, 0.1) is 12.0 Å². The molecule has 1 aromatic heterocycles. The first kappa shape index (κ1) is 10.9. The van der Waals surface area contributed by atoms with E-state index in [1.165, 1.54) is 10.9 Å². The van der Waals surface area contributed by atoms with E-state index in [-0.39, 0.29) is 0 Å². The van der Waals surface area contributed by atoms with Crippen molar-refractivity contribution in [1.29, 1.82) is 0 Å². The number of para-hydroxylation sites is 1. The van der Waals surface area contributed by atoms with Crippen molar-refractivity contribution in [3.8, 4) is 5.75 Å². The van der Waals surface area contributed by atoms with E-state index in [0.717, 1.165) is 12.4 Å². The molecule has 0 radical (unpaired) electrons. The molecule has 0 N–H and O–H groups in total. The van der Waals surface area contributed by atoms with Gasteiger partial charge in [-0.1, -0.05) is 26.0 Å². The molecule has 0 aliphatic carbocycles. The first-order valence-electron chi connectivity index (χ1n) is 5.68. The lowest BCUT2D eigenvalue weighted by Crippen LogP contribution is -2.28. The van der Waals surface area contributed by atoms with Gasteiger partial charge in [0.1, 0.15) is 7.05 Å². The van der Waals surface area contributed by atoms with Gasteiger partial charge < -0.3 is 4.74 Å². The van der Waals surface area contributed by atoms with Gasteiger partial charge in [0.2, 0.25) is 11.7 Å². The Bertz CT molecular complexity index is 491. The van der Waals surface area contributed by atoms with E-state index in [1.807, 2.05) is 13.2 Å². The smallest absolute Gasteiger partial charge is 0.212 e. The van der Waals surface area contributed by atoms with Gasteiger partial charge in [-0.15, -0.1) is 0 Å². The van der Waals surface area contributed by atoms with Gasteiger partial charge in [0.15, 0.2) is 5.75 Å². The lowest BCUT2D eigenvalue weighted by molar-refractivity contribution is -0.645. The molecule has 16 heavy (non-hydrogen) atoms. The lowest BCUT2D eigenvalue weighted by atomic mass is 10.2. The molecule has 0 aliphatic rings. The number of hydrogen-bond acceptors (Lipinski definition) is 1. The Balaban J connectivity index is 2.34. The maximum Gasteiger partial charge on any atom is 0.212 e. The molecule has 0 bridgehead atoms. The molecule has 0 aliphatic heterocycles. The molecule has 0 saturated carbocycles. The summed E-state index contributed by atoms with van der Waals surface area (Å²) in [6.45, 7) is 5.07. The first-order chi connectivity index (χ1) is 7.66. The Morgan fingerprint density at radius 2 is 2.00 bits per heavy atom. The van der Waals surface area contributed by atoms with Gasteiger partial charge in [-0.05, 0) is 12.0 Å². The molecule has 1 aromatic carbocycles. The van der Waals surface area contributed by atoms with Gasteiger partial charge in [0.25, 0.3) is 0 Å². The molecule has 0 unspecified atom stereocenters. The minimum atomic E-state index is 0.553. The van der Waals surface area contributed by atoms with Crippen LogP contribution in [0.2, 0.25) is 0 Å². The van der Waals surface area contributed by atoms with Gasteiger partial charge in [0, 0.05) is 12.1 Å². The highest BCUT2D eigenvalue weighted by molar-refractivity contribution is 5.76. The molecular formula is C14H18NO+. The summed E-state index contributed by atoms with van der Waals surface area (Å²) in [5.41, 5.74) is 1.22. The van der Waals surface area contributed by atoms with Crippen LogP contribution in [-0.2, 0) is 7.05 Å². The Morgan fingerprint density at radius 1 is 1.25 bits per heavy atom. The highest BCUT2D eigenvalue weighted by Gasteiger charge is 2.08. The quantitative estimate of drug-likeness (QED) is 0.719. The number of fused-ring (bicyclic) bond motifs is 1. The van der Waals surface area contributed by atoms with Crippen LogP contribution in [0.1, 0.15) is 13.8 Å². The fourth-order valence-electron chi connectivity index (χ4n) is 1.72. The lowest BCUT2D eigenvalue weighted by Gasteiger charge is -2.07. The van der Waals surface area contributed by atoms with Gasteiger partial charge in [-0.2, -0.15) is 4.57 Å². The standard InChI is InChI=1S/C14H18NO/c1-11(2)10-16-13-8-12-6-4-5-7-14(12)15(3)9-13/h4-9,11H,10H2,1-3H3/q+1. The zero-order chi connectivity index (χ0) is 11.5. The summed E-state index contributed by atoms with van der Waals surface area (Å²) in [5, 5.41) is 1.21. The Labute approximate surface area is 96.5 Å². The number of rotatable bonds is 3. The highest BCUT2D eigenvalue weighted by atomic mass is 16.5. The van der Waals surface area contributed by atoms with Gasteiger partial charge in [-0.3, -0.25) is 0 Å². The Kier molecular flexibility index (Phi) is 3.09. The molecule has 0 fully saturated rings. The van der Waals surface area contributed by atoms with Crippen molar-refractivity contribution in [1.82, 2.24) is 0 Å². The average Bonchev–Trinajstić information content (AvgIpc) is 2.26. The average molecular weight is 216 g/mol.